The summed E-state index contributed by atoms with van der Waals surface area (Å²) in [4.78, 5) is 19.8. The van der Waals surface area contributed by atoms with Crippen LogP contribution in [0.1, 0.15) is 16.7 Å². The fraction of sp³-hybridized carbons (Fsp3) is 0.0833. The van der Waals surface area contributed by atoms with Crippen molar-refractivity contribution < 1.29 is 9.34 Å². The van der Waals surface area contributed by atoms with Crippen LogP contribution in [0.3, 0.4) is 0 Å². The Morgan fingerprint density at radius 2 is 1.97 bits per heavy atom. The molecule has 0 amide bonds. The lowest BCUT2D eigenvalue weighted by Crippen LogP contribution is -1.89. The number of hydrogen-bond donors (Lipinski definition) is 0. The van der Waals surface area contributed by atoms with Gasteiger partial charge < -0.3 is 4.42 Å². The number of nitro benzene ring substituents is 1. The fourth-order valence-electron chi connectivity index (χ4n) is 3.20. The first kappa shape index (κ1) is 20.7. The molecule has 7 heteroatoms. The molecule has 0 saturated carbocycles. The van der Waals surface area contributed by atoms with Crippen LogP contribution < -0.4 is 0 Å². The zero-order valence-corrected chi connectivity index (χ0v) is 18.5. The largest absolute Gasteiger partial charge is 0.436 e. The minimum absolute atomic E-state index is 0.0242. The first-order valence-corrected chi connectivity index (χ1v) is 10.3. The van der Waals surface area contributed by atoms with Crippen molar-refractivity contribution in [3.63, 3.8) is 0 Å². The second kappa shape index (κ2) is 8.65. The van der Waals surface area contributed by atoms with E-state index in [0.717, 1.165) is 33.5 Å². The Labute approximate surface area is 187 Å². The predicted octanol–water partition coefficient (Wildman–Crippen LogP) is 7.20. The van der Waals surface area contributed by atoms with Gasteiger partial charge in [0, 0.05) is 17.8 Å². The molecule has 0 atom stereocenters. The average Bonchev–Trinajstić information content (AvgIpc) is 3.16. The van der Waals surface area contributed by atoms with E-state index in [2.05, 4.69) is 25.9 Å². The predicted molar refractivity (Wildman–Crippen MR) is 127 cm³/mol. The summed E-state index contributed by atoms with van der Waals surface area (Å²) < 4.78 is 6.38. The molecule has 0 unspecified atom stereocenters. The topological polar surface area (TPSA) is 81.5 Å². The zero-order valence-electron chi connectivity index (χ0n) is 16.9. The number of aryl methyl sites for hydroxylation is 1. The Morgan fingerprint density at radius 3 is 2.77 bits per heavy atom. The van der Waals surface area contributed by atoms with Crippen LogP contribution in [0.25, 0.3) is 28.6 Å². The second-order valence-corrected chi connectivity index (χ2v) is 7.90. The number of rotatable bonds is 5. The van der Waals surface area contributed by atoms with Crippen LogP contribution in [0.5, 0.6) is 0 Å². The molecular weight excluding hydrogens is 458 g/mol. The van der Waals surface area contributed by atoms with Crippen molar-refractivity contribution in [3.8, 4) is 11.5 Å². The van der Waals surface area contributed by atoms with E-state index in [1.54, 1.807) is 30.5 Å². The number of hydrogen-bond acceptors (Lipinski definition) is 5. The molecule has 1 heterocycles. The van der Waals surface area contributed by atoms with Gasteiger partial charge in [0.25, 0.3) is 5.69 Å². The summed E-state index contributed by atoms with van der Waals surface area (Å²) in [5.41, 5.74) is 6.08. The van der Waals surface area contributed by atoms with E-state index < -0.39 is 4.92 Å². The van der Waals surface area contributed by atoms with Crippen LogP contribution >= 0.6 is 15.9 Å². The van der Waals surface area contributed by atoms with E-state index in [1.807, 2.05) is 50.2 Å². The highest BCUT2D eigenvalue weighted by Crippen LogP contribution is 2.32. The van der Waals surface area contributed by atoms with Gasteiger partial charge in [0.2, 0.25) is 5.89 Å². The van der Waals surface area contributed by atoms with Crippen LogP contribution in [0.2, 0.25) is 0 Å². The molecule has 31 heavy (non-hydrogen) atoms. The Balaban J connectivity index is 1.58. The van der Waals surface area contributed by atoms with Gasteiger partial charge in [-0.3, -0.25) is 15.1 Å². The van der Waals surface area contributed by atoms with Gasteiger partial charge in [0.15, 0.2) is 5.58 Å². The Morgan fingerprint density at radius 1 is 1.13 bits per heavy atom. The van der Waals surface area contributed by atoms with Crippen molar-refractivity contribution in [1.82, 2.24) is 4.98 Å². The van der Waals surface area contributed by atoms with Crippen LogP contribution in [0, 0.1) is 24.0 Å². The third-order valence-corrected chi connectivity index (χ3v) is 5.50. The number of nitro groups is 1. The van der Waals surface area contributed by atoms with Crippen molar-refractivity contribution in [2.75, 3.05) is 0 Å². The summed E-state index contributed by atoms with van der Waals surface area (Å²) in [6.45, 7) is 4.00. The molecule has 0 radical (unpaired) electrons. The van der Waals surface area contributed by atoms with Gasteiger partial charge in [-0.15, -0.1) is 0 Å². The molecule has 0 saturated heterocycles. The number of nitrogens with zero attached hydrogens (tertiary/aromatic N) is 3. The SMILES string of the molecule is Cc1ccc2oc(-c3cccc(N=C/C=C/c4ccc(Br)c([N+](=O)[O-])c4)c3C)nc2c1. The summed E-state index contributed by atoms with van der Waals surface area (Å²) in [6.07, 6.45) is 5.18. The molecule has 4 aromatic rings. The van der Waals surface area contributed by atoms with Crippen molar-refractivity contribution in [1.29, 1.82) is 0 Å². The summed E-state index contributed by atoms with van der Waals surface area (Å²) in [5, 5.41) is 11.1. The van der Waals surface area contributed by atoms with E-state index in [0.29, 0.717) is 15.9 Å². The average molecular weight is 476 g/mol. The number of aliphatic imine (C=N–C) groups is 1. The van der Waals surface area contributed by atoms with E-state index >= 15 is 0 Å². The molecule has 1 aromatic heterocycles. The molecule has 154 valence electrons. The third-order valence-electron chi connectivity index (χ3n) is 4.83. The third kappa shape index (κ3) is 4.46. The van der Waals surface area contributed by atoms with E-state index in [-0.39, 0.29) is 5.69 Å². The van der Waals surface area contributed by atoms with Gasteiger partial charge in [-0.25, -0.2) is 4.98 Å². The maximum atomic E-state index is 11.1. The Kier molecular flexibility index (Phi) is 5.77. The number of fused-ring (bicyclic) bond motifs is 1. The minimum Gasteiger partial charge on any atom is -0.436 e. The number of allylic oxidation sites excluding steroid dienone is 1. The number of benzene rings is 3. The van der Waals surface area contributed by atoms with Gasteiger partial charge >= 0.3 is 0 Å². The van der Waals surface area contributed by atoms with Crippen molar-refractivity contribution in [2.24, 2.45) is 4.99 Å². The smallest absolute Gasteiger partial charge is 0.284 e. The summed E-state index contributed by atoms with van der Waals surface area (Å²) in [5.74, 6) is 0.563. The van der Waals surface area contributed by atoms with Crippen molar-refractivity contribution in [2.45, 2.75) is 13.8 Å². The van der Waals surface area contributed by atoms with Gasteiger partial charge in [-0.1, -0.05) is 24.3 Å². The molecule has 0 N–H and O–H groups in total. The van der Waals surface area contributed by atoms with E-state index in [9.17, 15) is 10.1 Å². The fourth-order valence-corrected chi connectivity index (χ4v) is 3.59. The van der Waals surface area contributed by atoms with Crippen LogP contribution in [-0.2, 0) is 0 Å². The highest BCUT2D eigenvalue weighted by atomic mass is 79.9. The van der Waals surface area contributed by atoms with Crippen LogP contribution in [-0.4, -0.2) is 16.1 Å². The van der Waals surface area contributed by atoms with E-state index in [4.69, 9.17) is 4.42 Å². The molecule has 0 bridgehead atoms. The summed E-state index contributed by atoms with van der Waals surface area (Å²) >= 11 is 3.19. The maximum Gasteiger partial charge on any atom is 0.284 e. The first-order chi connectivity index (χ1) is 14.9. The summed E-state index contributed by atoms with van der Waals surface area (Å²) in [7, 11) is 0. The number of oxazole rings is 1. The van der Waals surface area contributed by atoms with Gasteiger partial charge in [-0.2, -0.15) is 0 Å². The highest BCUT2D eigenvalue weighted by molar-refractivity contribution is 9.10. The van der Waals surface area contributed by atoms with E-state index in [1.165, 1.54) is 6.07 Å². The number of halogens is 1. The lowest BCUT2D eigenvalue weighted by atomic mass is 10.1. The Hall–Kier alpha value is -3.58. The monoisotopic (exact) mass is 475 g/mol. The lowest BCUT2D eigenvalue weighted by Gasteiger charge is -2.04. The molecular formula is C24H18BrN3O3. The van der Waals surface area contributed by atoms with Crippen molar-refractivity contribution in [3.05, 3.63) is 92.0 Å². The normalized spacial score (nSPS) is 11.7. The van der Waals surface area contributed by atoms with Crippen LogP contribution in [0.15, 0.2) is 74.6 Å². The molecule has 0 aliphatic rings. The minimum atomic E-state index is -0.419. The molecule has 6 nitrogen and oxygen atoms in total. The molecule has 4 rings (SSSR count). The quantitative estimate of drug-likeness (QED) is 0.173. The standard InChI is InChI=1S/C24H18BrN3O3/c1-15-8-11-23-21(13-15)27-24(31-23)18-6-3-7-20(16(18)2)26-12-4-5-17-9-10-19(25)22(14-17)28(29)30/h3-14H,1-2H3/b5-4+,26-12?. The molecule has 0 fully saturated rings. The van der Waals surface area contributed by atoms with Crippen molar-refractivity contribution >= 4 is 50.7 Å². The van der Waals surface area contributed by atoms with Crippen LogP contribution in [0.4, 0.5) is 11.4 Å². The second-order valence-electron chi connectivity index (χ2n) is 7.05. The highest BCUT2D eigenvalue weighted by Gasteiger charge is 2.13. The number of aromatic nitrogens is 1. The molecule has 0 aliphatic heterocycles. The maximum absolute atomic E-state index is 11.1. The van der Waals surface area contributed by atoms with Gasteiger partial charge in [0.05, 0.1) is 15.1 Å². The molecule has 0 aliphatic carbocycles. The molecule has 0 spiro atoms. The van der Waals surface area contributed by atoms with Gasteiger partial charge in [-0.05, 0) is 82.9 Å². The molecule has 3 aromatic carbocycles. The van der Waals surface area contributed by atoms with Gasteiger partial charge in [0.1, 0.15) is 5.52 Å². The zero-order chi connectivity index (χ0) is 22.0. The lowest BCUT2D eigenvalue weighted by molar-refractivity contribution is -0.385. The first-order valence-electron chi connectivity index (χ1n) is 9.54. The Bertz CT molecular complexity index is 1360. The summed E-state index contributed by atoms with van der Waals surface area (Å²) in [6, 6.07) is 16.7.